The summed E-state index contributed by atoms with van der Waals surface area (Å²) in [6, 6.07) is 20.1. The molecule has 3 aromatic carbocycles. The number of carbonyl (C=O) groups excluding carboxylic acids is 2. The van der Waals surface area contributed by atoms with Crippen molar-refractivity contribution in [1.82, 2.24) is 5.43 Å². The summed E-state index contributed by atoms with van der Waals surface area (Å²) in [7, 11) is 2.97. The molecule has 2 N–H and O–H groups in total. The highest BCUT2D eigenvalue weighted by Crippen LogP contribution is 2.28. The van der Waals surface area contributed by atoms with Gasteiger partial charge in [-0.25, -0.2) is 5.43 Å². The largest absolute Gasteiger partial charge is 0.497 e. The lowest BCUT2D eigenvalue weighted by atomic mass is 10.1. The molecule has 2 amide bonds. The van der Waals surface area contributed by atoms with Crippen molar-refractivity contribution < 1.29 is 23.8 Å². The number of hydrogen-bond acceptors (Lipinski definition) is 6. The fraction of sp³-hybridized carbons (Fsp3) is 0.160. The first-order chi connectivity index (χ1) is 16.0. The maximum Gasteiger partial charge on any atom is 0.329 e. The molecule has 0 spiro atoms. The summed E-state index contributed by atoms with van der Waals surface area (Å²) < 4.78 is 16.1. The van der Waals surface area contributed by atoms with Crippen LogP contribution in [-0.4, -0.2) is 32.2 Å². The van der Waals surface area contributed by atoms with Gasteiger partial charge in [-0.1, -0.05) is 29.8 Å². The van der Waals surface area contributed by atoms with Crippen LogP contribution in [0.3, 0.4) is 0 Å². The van der Waals surface area contributed by atoms with E-state index >= 15 is 0 Å². The number of hydrogen-bond donors (Lipinski definition) is 2. The average molecular weight is 447 g/mol. The molecule has 0 atom stereocenters. The van der Waals surface area contributed by atoms with Crippen LogP contribution in [0.15, 0.2) is 71.8 Å². The average Bonchev–Trinajstić information content (AvgIpc) is 2.83. The van der Waals surface area contributed by atoms with Crippen molar-refractivity contribution in [3.63, 3.8) is 0 Å². The van der Waals surface area contributed by atoms with Crippen LogP contribution in [0.1, 0.15) is 16.7 Å². The summed E-state index contributed by atoms with van der Waals surface area (Å²) in [4.78, 5) is 24.2. The van der Waals surface area contributed by atoms with Gasteiger partial charge in [0.1, 0.15) is 23.9 Å². The number of rotatable bonds is 8. The van der Waals surface area contributed by atoms with Gasteiger partial charge in [0.2, 0.25) is 0 Å². The van der Waals surface area contributed by atoms with Gasteiger partial charge in [0, 0.05) is 6.07 Å². The zero-order valence-electron chi connectivity index (χ0n) is 18.6. The topological polar surface area (TPSA) is 98.2 Å². The number of hydrazone groups is 1. The summed E-state index contributed by atoms with van der Waals surface area (Å²) in [6.45, 7) is 2.51. The van der Waals surface area contributed by atoms with Crippen LogP contribution >= 0.6 is 0 Å². The maximum atomic E-state index is 12.1. The van der Waals surface area contributed by atoms with Crippen LogP contribution in [0, 0.1) is 6.92 Å². The summed E-state index contributed by atoms with van der Waals surface area (Å²) in [5.41, 5.74) is 5.54. The molecule has 0 fully saturated rings. The van der Waals surface area contributed by atoms with Crippen LogP contribution in [0.5, 0.6) is 17.2 Å². The minimum atomic E-state index is -0.915. The van der Waals surface area contributed by atoms with E-state index in [1.165, 1.54) is 26.0 Å². The Bertz CT molecular complexity index is 1140. The van der Waals surface area contributed by atoms with Crippen molar-refractivity contribution in [3.05, 3.63) is 83.4 Å². The van der Waals surface area contributed by atoms with Gasteiger partial charge < -0.3 is 19.5 Å². The third-order valence-corrected chi connectivity index (χ3v) is 4.61. The predicted octanol–water partition coefficient (Wildman–Crippen LogP) is 3.68. The van der Waals surface area contributed by atoms with Gasteiger partial charge in [-0.05, 0) is 54.4 Å². The van der Waals surface area contributed by atoms with E-state index in [4.69, 9.17) is 14.2 Å². The van der Waals surface area contributed by atoms with E-state index < -0.39 is 11.8 Å². The number of anilines is 1. The van der Waals surface area contributed by atoms with Gasteiger partial charge >= 0.3 is 11.8 Å². The molecule has 0 saturated heterocycles. The van der Waals surface area contributed by atoms with Gasteiger partial charge in [-0.15, -0.1) is 0 Å². The molecule has 170 valence electrons. The maximum absolute atomic E-state index is 12.1. The Labute approximate surface area is 192 Å². The zero-order valence-corrected chi connectivity index (χ0v) is 18.6. The fourth-order valence-electron chi connectivity index (χ4n) is 2.92. The molecule has 0 bridgehead atoms. The van der Waals surface area contributed by atoms with Crippen molar-refractivity contribution in [1.29, 1.82) is 0 Å². The third kappa shape index (κ3) is 6.83. The SMILES string of the molecule is COc1ccc(NC(=O)C(=O)N/N=C/c2ccc(OCc3cccc(C)c3)cc2)c(OC)c1. The smallest absolute Gasteiger partial charge is 0.329 e. The first kappa shape index (κ1) is 23.3. The van der Waals surface area contributed by atoms with Crippen molar-refractivity contribution >= 4 is 23.7 Å². The van der Waals surface area contributed by atoms with Gasteiger partial charge in [-0.2, -0.15) is 5.10 Å². The zero-order chi connectivity index (χ0) is 23.6. The summed E-state index contributed by atoms with van der Waals surface area (Å²) in [5, 5.41) is 6.31. The Morgan fingerprint density at radius 3 is 2.36 bits per heavy atom. The van der Waals surface area contributed by atoms with E-state index in [2.05, 4.69) is 21.9 Å². The lowest BCUT2D eigenvalue weighted by molar-refractivity contribution is -0.136. The Morgan fingerprint density at radius 1 is 0.909 bits per heavy atom. The second kappa shape index (κ2) is 11.3. The van der Waals surface area contributed by atoms with Crippen molar-refractivity contribution in [2.75, 3.05) is 19.5 Å². The van der Waals surface area contributed by atoms with E-state index in [0.29, 0.717) is 29.5 Å². The van der Waals surface area contributed by atoms with Crippen LogP contribution in [-0.2, 0) is 16.2 Å². The molecule has 3 aromatic rings. The molecule has 0 aliphatic rings. The van der Waals surface area contributed by atoms with E-state index in [0.717, 1.165) is 11.1 Å². The van der Waals surface area contributed by atoms with Gasteiger partial charge in [0.15, 0.2) is 0 Å². The molecular weight excluding hydrogens is 422 g/mol. The van der Waals surface area contributed by atoms with Crippen LogP contribution in [0.2, 0.25) is 0 Å². The normalized spacial score (nSPS) is 10.5. The molecule has 3 rings (SSSR count). The number of amides is 2. The third-order valence-electron chi connectivity index (χ3n) is 4.61. The molecule has 0 radical (unpaired) electrons. The Morgan fingerprint density at radius 2 is 1.67 bits per heavy atom. The Balaban J connectivity index is 1.50. The second-order valence-electron chi connectivity index (χ2n) is 7.07. The Hall–Kier alpha value is -4.33. The highest BCUT2D eigenvalue weighted by Gasteiger charge is 2.15. The second-order valence-corrected chi connectivity index (χ2v) is 7.07. The van der Waals surface area contributed by atoms with Crippen LogP contribution in [0.25, 0.3) is 0 Å². The first-order valence-corrected chi connectivity index (χ1v) is 10.1. The lowest BCUT2D eigenvalue weighted by Gasteiger charge is -2.10. The summed E-state index contributed by atoms with van der Waals surface area (Å²) >= 11 is 0. The summed E-state index contributed by atoms with van der Waals surface area (Å²) in [5.74, 6) is -0.155. The Kier molecular flexibility index (Phi) is 8.02. The van der Waals surface area contributed by atoms with Crippen molar-refractivity contribution in [3.8, 4) is 17.2 Å². The number of nitrogens with one attached hydrogen (secondary N) is 2. The number of ether oxygens (including phenoxy) is 3. The molecule has 0 aromatic heterocycles. The molecule has 33 heavy (non-hydrogen) atoms. The molecular formula is C25H25N3O5. The van der Waals surface area contributed by atoms with Crippen LogP contribution in [0.4, 0.5) is 5.69 Å². The van der Waals surface area contributed by atoms with E-state index in [9.17, 15) is 9.59 Å². The van der Waals surface area contributed by atoms with Gasteiger partial charge in [0.25, 0.3) is 0 Å². The molecule has 0 unspecified atom stereocenters. The number of benzene rings is 3. The highest BCUT2D eigenvalue weighted by atomic mass is 16.5. The molecule has 0 heterocycles. The van der Waals surface area contributed by atoms with Crippen molar-refractivity contribution in [2.45, 2.75) is 13.5 Å². The minimum Gasteiger partial charge on any atom is -0.497 e. The first-order valence-electron chi connectivity index (χ1n) is 10.1. The number of carbonyl (C=O) groups is 2. The number of aryl methyl sites for hydroxylation is 1. The standard InChI is InChI=1S/C25H25N3O5/c1-17-5-4-6-19(13-17)16-33-20-9-7-18(8-10-20)15-26-28-25(30)24(29)27-22-12-11-21(31-2)14-23(22)32-3/h4-15H,16H2,1-3H3,(H,27,29)(H,28,30)/b26-15+. The lowest BCUT2D eigenvalue weighted by Crippen LogP contribution is -2.32. The number of methoxy groups -OCH3 is 2. The fourth-order valence-corrected chi connectivity index (χ4v) is 2.92. The van der Waals surface area contributed by atoms with Crippen molar-refractivity contribution in [2.24, 2.45) is 5.10 Å². The van der Waals surface area contributed by atoms with E-state index in [1.807, 2.05) is 37.3 Å². The van der Waals surface area contributed by atoms with Crippen LogP contribution < -0.4 is 25.0 Å². The quantitative estimate of drug-likeness (QED) is 0.312. The van der Waals surface area contributed by atoms with E-state index in [-0.39, 0.29) is 0 Å². The number of nitrogens with zero attached hydrogens (tertiary/aromatic N) is 1. The predicted molar refractivity (Wildman–Crippen MR) is 126 cm³/mol. The summed E-state index contributed by atoms with van der Waals surface area (Å²) in [6.07, 6.45) is 1.43. The van der Waals surface area contributed by atoms with Gasteiger partial charge in [-0.3, -0.25) is 9.59 Å². The monoisotopic (exact) mass is 447 g/mol. The molecule has 8 nitrogen and oxygen atoms in total. The molecule has 0 aliphatic carbocycles. The minimum absolute atomic E-state index is 0.337. The van der Waals surface area contributed by atoms with E-state index in [1.54, 1.807) is 30.3 Å². The highest BCUT2D eigenvalue weighted by molar-refractivity contribution is 6.39. The van der Waals surface area contributed by atoms with Gasteiger partial charge in [0.05, 0.1) is 26.1 Å². The molecule has 8 heteroatoms. The molecule has 0 saturated carbocycles. The molecule has 0 aliphatic heterocycles.